The van der Waals surface area contributed by atoms with Crippen molar-refractivity contribution in [1.29, 1.82) is 0 Å². The first kappa shape index (κ1) is 18.0. The molecule has 2 aromatic rings. The molecule has 2 rings (SSSR count). The summed E-state index contributed by atoms with van der Waals surface area (Å²) in [5, 5.41) is 6.05. The van der Waals surface area contributed by atoms with E-state index in [4.69, 9.17) is 0 Å². The first-order valence-electron chi connectivity index (χ1n) is 7.34. The number of benzene rings is 1. The molecular weight excluding hydrogens is 326 g/mol. The van der Waals surface area contributed by atoms with Gasteiger partial charge in [0.05, 0.1) is 0 Å². The minimum absolute atomic E-state index is 0.0647. The third-order valence-electron chi connectivity index (χ3n) is 3.70. The Morgan fingerprint density at radius 2 is 1.83 bits per heavy atom. The molecule has 4 nitrogen and oxygen atoms in total. The van der Waals surface area contributed by atoms with Gasteiger partial charge in [-0.2, -0.15) is 18.3 Å². The van der Waals surface area contributed by atoms with E-state index in [1.807, 2.05) is 6.92 Å². The van der Waals surface area contributed by atoms with Crippen LogP contribution in [0.15, 0.2) is 36.5 Å². The van der Waals surface area contributed by atoms with Gasteiger partial charge in [-0.3, -0.25) is 9.48 Å². The molecule has 0 spiro atoms. The molecule has 0 aliphatic heterocycles. The van der Waals surface area contributed by atoms with Crippen LogP contribution in [0.2, 0.25) is 0 Å². The van der Waals surface area contributed by atoms with Crippen molar-refractivity contribution in [2.75, 3.05) is 6.54 Å². The van der Waals surface area contributed by atoms with Crippen LogP contribution in [-0.4, -0.2) is 22.2 Å². The first-order valence-corrected chi connectivity index (χ1v) is 7.34. The maximum atomic E-state index is 12.9. The van der Waals surface area contributed by atoms with Gasteiger partial charge in [0.25, 0.3) is 0 Å². The highest BCUT2D eigenvalue weighted by molar-refractivity contribution is 5.79. The Morgan fingerprint density at radius 1 is 1.21 bits per heavy atom. The normalized spacial score (nSPS) is 14.2. The fraction of sp³-hybridized carbons (Fsp3) is 0.375. The SMILES string of the molecule is CC(CNC(=O)C(C)n1ccc(C(F)(F)F)n1)c1ccc(F)cc1. The fourth-order valence-corrected chi connectivity index (χ4v) is 2.14. The number of halogens is 4. The van der Waals surface area contributed by atoms with Crippen LogP contribution in [0.25, 0.3) is 0 Å². The molecule has 2 unspecified atom stereocenters. The highest BCUT2D eigenvalue weighted by Gasteiger charge is 2.34. The van der Waals surface area contributed by atoms with Crippen LogP contribution in [0.1, 0.15) is 37.1 Å². The van der Waals surface area contributed by atoms with E-state index in [0.29, 0.717) is 0 Å². The van der Waals surface area contributed by atoms with Crippen LogP contribution >= 0.6 is 0 Å². The number of carbonyl (C=O) groups is 1. The van der Waals surface area contributed by atoms with E-state index in [1.54, 1.807) is 12.1 Å². The summed E-state index contributed by atoms with van der Waals surface area (Å²) in [5.41, 5.74) is -0.190. The highest BCUT2D eigenvalue weighted by atomic mass is 19.4. The third-order valence-corrected chi connectivity index (χ3v) is 3.70. The topological polar surface area (TPSA) is 46.9 Å². The molecule has 0 aliphatic carbocycles. The zero-order valence-corrected chi connectivity index (χ0v) is 13.1. The van der Waals surface area contributed by atoms with Crippen LogP contribution in [0.3, 0.4) is 0 Å². The van der Waals surface area contributed by atoms with Crippen molar-refractivity contribution >= 4 is 5.91 Å². The van der Waals surface area contributed by atoms with Crippen molar-refractivity contribution in [3.05, 3.63) is 53.6 Å². The van der Waals surface area contributed by atoms with E-state index in [1.165, 1.54) is 19.1 Å². The number of nitrogens with one attached hydrogen (secondary N) is 1. The van der Waals surface area contributed by atoms with E-state index in [9.17, 15) is 22.4 Å². The molecule has 24 heavy (non-hydrogen) atoms. The molecular formula is C16H17F4N3O. The Bertz CT molecular complexity index is 694. The lowest BCUT2D eigenvalue weighted by molar-refractivity contribution is -0.142. The Labute approximate surface area is 136 Å². The van der Waals surface area contributed by atoms with Gasteiger partial charge in [0.1, 0.15) is 11.9 Å². The van der Waals surface area contributed by atoms with Crippen molar-refractivity contribution in [3.63, 3.8) is 0 Å². The zero-order valence-electron chi connectivity index (χ0n) is 13.1. The van der Waals surface area contributed by atoms with E-state index >= 15 is 0 Å². The largest absolute Gasteiger partial charge is 0.435 e. The van der Waals surface area contributed by atoms with Gasteiger partial charge >= 0.3 is 6.18 Å². The molecule has 0 radical (unpaired) electrons. The Morgan fingerprint density at radius 3 is 2.38 bits per heavy atom. The second-order valence-electron chi connectivity index (χ2n) is 5.55. The average Bonchev–Trinajstić information content (AvgIpc) is 3.02. The Balaban J connectivity index is 1.94. The lowest BCUT2D eigenvalue weighted by Crippen LogP contribution is -2.33. The highest BCUT2D eigenvalue weighted by Crippen LogP contribution is 2.27. The molecule has 2 atom stereocenters. The average molecular weight is 343 g/mol. The Hall–Kier alpha value is -2.38. The predicted molar refractivity (Wildman–Crippen MR) is 79.8 cm³/mol. The quantitative estimate of drug-likeness (QED) is 0.845. The predicted octanol–water partition coefficient (Wildman–Crippen LogP) is 3.52. The summed E-state index contributed by atoms with van der Waals surface area (Å²) in [4.78, 5) is 12.1. The molecule has 0 bridgehead atoms. The summed E-state index contributed by atoms with van der Waals surface area (Å²) < 4.78 is 51.5. The summed E-state index contributed by atoms with van der Waals surface area (Å²) in [6.07, 6.45) is -3.42. The van der Waals surface area contributed by atoms with Gasteiger partial charge in [-0.1, -0.05) is 19.1 Å². The fourth-order valence-electron chi connectivity index (χ4n) is 2.14. The summed E-state index contributed by atoms with van der Waals surface area (Å²) in [6, 6.07) is 5.86. The molecule has 1 amide bonds. The summed E-state index contributed by atoms with van der Waals surface area (Å²) in [5.74, 6) is -0.853. The second kappa shape index (κ2) is 7.02. The molecule has 8 heteroatoms. The molecule has 1 aromatic heterocycles. The lowest BCUT2D eigenvalue weighted by Gasteiger charge is -2.16. The van der Waals surface area contributed by atoms with Crippen LogP contribution in [0, 0.1) is 5.82 Å². The number of rotatable bonds is 5. The first-order chi connectivity index (χ1) is 11.2. The molecule has 130 valence electrons. The zero-order chi connectivity index (χ0) is 17.9. The van der Waals surface area contributed by atoms with Gasteiger partial charge in [0.2, 0.25) is 5.91 Å². The van der Waals surface area contributed by atoms with Gasteiger partial charge < -0.3 is 5.32 Å². The number of hydrogen-bond donors (Lipinski definition) is 1. The van der Waals surface area contributed by atoms with E-state index in [-0.39, 0.29) is 18.3 Å². The smallest absolute Gasteiger partial charge is 0.354 e. The van der Waals surface area contributed by atoms with Crippen molar-refractivity contribution < 1.29 is 22.4 Å². The summed E-state index contributed by atoms with van der Waals surface area (Å²) >= 11 is 0. The lowest BCUT2D eigenvalue weighted by atomic mass is 10.0. The standard InChI is InChI=1S/C16H17F4N3O/c1-10(12-3-5-13(17)6-4-12)9-21-15(24)11(2)23-8-7-14(22-23)16(18,19)20/h3-8,10-11H,9H2,1-2H3,(H,21,24). The van der Waals surface area contributed by atoms with Crippen molar-refractivity contribution in [2.24, 2.45) is 0 Å². The monoisotopic (exact) mass is 343 g/mol. The number of amides is 1. The maximum absolute atomic E-state index is 12.9. The maximum Gasteiger partial charge on any atom is 0.435 e. The number of aromatic nitrogens is 2. The number of hydrogen-bond acceptors (Lipinski definition) is 2. The minimum atomic E-state index is -4.54. The van der Waals surface area contributed by atoms with Gasteiger partial charge in [-0.05, 0) is 36.6 Å². The van der Waals surface area contributed by atoms with E-state index < -0.39 is 23.8 Å². The molecule has 0 aliphatic rings. The van der Waals surface area contributed by atoms with Crippen LogP contribution < -0.4 is 5.32 Å². The van der Waals surface area contributed by atoms with Crippen molar-refractivity contribution in [1.82, 2.24) is 15.1 Å². The molecule has 0 fully saturated rings. The van der Waals surface area contributed by atoms with Crippen molar-refractivity contribution in [2.45, 2.75) is 32.0 Å². The van der Waals surface area contributed by atoms with Gasteiger partial charge in [-0.15, -0.1) is 0 Å². The molecule has 0 saturated heterocycles. The van der Waals surface area contributed by atoms with Gasteiger partial charge in [-0.25, -0.2) is 4.39 Å². The minimum Gasteiger partial charge on any atom is -0.354 e. The second-order valence-corrected chi connectivity index (χ2v) is 5.55. The van der Waals surface area contributed by atoms with Crippen LogP contribution in [0.4, 0.5) is 17.6 Å². The van der Waals surface area contributed by atoms with Gasteiger partial charge in [0, 0.05) is 12.7 Å². The molecule has 1 aromatic carbocycles. The van der Waals surface area contributed by atoms with Crippen molar-refractivity contribution in [3.8, 4) is 0 Å². The Kier molecular flexibility index (Phi) is 5.26. The number of nitrogens with zero attached hydrogens (tertiary/aromatic N) is 2. The molecule has 1 heterocycles. The number of carbonyl (C=O) groups excluding carboxylic acids is 1. The summed E-state index contributed by atoms with van der Waals surface area (Å²) in [7, 11) is 0. The van der Waals surface area contributed by atoms with Crippen LogP contribution in [0.5, 0.6) is 0 Å². The van der Waals surface area contributed by atoms with Gasteiger partial charge in [0.15, 0.2) is 5.69 Å². The molecule has 1 N–H and O–H groups in total. The number of alkyl halides is 3. The van der Waals surface area contributed by atoms with Crippen LogP contribution in [-0.2, 0) is 11.0 Å². The van der Waals surface area contributed by atoms with E-state index in [0.717, 1.165) is 22.5 Å². The molecule has 0 saturated carbocycles. The summed E-state index contributed by atoms with van der Waals surface area (Å²) in [6.45, 7) is 3.60. The third kappa shape index (κ3) is 4.33. The van der Waals surface area contributed by atoms with E-state index in [2.05, 4.69) is 10.4 Å².